The fourth-order valence-electron chi connectivity index (χ4n) is 3.09. The topological polar surface area (TPSA) is 92.5 Å². The van der Waals surface area contributed by atoms with Gasteiger partial charge in [0.15, 0.2) is 16.4 Å². The monoisotopic (exact) mass is 408 g/mol. The minimum atomic E-state index is -3.85. The molecular formula is C20H20N6O2S. The lowest BCUT2D eigenvalue weighted by Crippen LogP contribution is -2.15. The highest BCUT2D eigenvalue weighted by atomic mass is 32.2. The van der Waals surface area contributed by atoms with Crippen LogP contribution in [0.25, 0.3) is 16.9 Å². The van der Waals surface area contributed by atoms with Crippen LogP contribution >= 0.6 is 0 Å². The zero-order valence-corrected chi connectivity index (χ0v) is 17.1. The average molecular weight is 408 g/mol. The highest BCUT2D eigenvalue weighted by Crippen LogP contribution is 2.34. The minimum absolute atomic E-state index is 0.0417. The molecule has 0 saturated heterocycles. The number of anilines is 2. The normalized spacial score (nSPS) is 11.6. The predicted molar refractivity (Wildman–Crippen MR) is 112 cm³/mol. The van der Waals surface area contributed by atoms with E-state index in [4.69, 9.17) is 0 Å². The Morgan fingerprint density at radius 2 is 1.83 bits per heavy atom. The second kappa shape index (κ2) is 7.17. The smallest absolute Gasteiger partial charge is 0.214 e. The van der Waals surface area contributed by atoms with Gasteiger partial charge >= 0.3 is 0 Å². The summed E-state index contributed by atoms with van der Waals surface area (Å²) in [6, 6.07) is 13.8. The van der Waals surface area contributed by atoms with E-state index in [0.717, 1.165) is 5.56 Å². The molecule has 0 radical (unpaired) electrons. The quantitative estimate of drug-likeness (QED) is 0.543. The van der Waals surface area contributed by atoms with Crippen LogP contribution in [0.4, 0.5) is 11.6 Å². The fourth-order valence-corrected chi connectivity index (χ4v) is 4.61. The molecule has 3 aromatic heterocycles. The van der Waals surface area contributed by atoms with Gasteiger partial charge in [0.25, 0.3) is 0 Å². The van der Waals surface area contributed by atoms with Gasteiger partial charge in [-0.25, -0.2) is 13.4 Å². The van der Waals surface area contributed by atoms with Crippen LogP contribution in [0.3, 0.4) is 0 Å². The molecular weight excluding hydrogens is 388 g/mol. The molecule has 0 spiro atoms. The van der Waals surface area contributed by atoms with Crippen LogP contribution in [0, 0.1) is 0 Å². The van der Waals surface area contributed by atoms with E-state index in [1.165, 1.54) is 0 Å². The molecule has 0 bridgehead atoms. The molecule has 0 saturated carbocycles. The van der Waals surface area contributed by atoms with Crippen molar-refractivity contribution < 1.29 is 8.42 Å². The second-order valence-electron chi connectivity index (χ2n) is 6.62. The first-order valence-corrected chi connectivity index (χ1v) is 10.4. The van der Waals surface area contributed by atoms with E-state index in [2.05, 4.69) is 20.4 Å². The molecule has 0 atom stereocenters. The van der Waals surface area contributed by atoms with Gasteiger partial charge in [-0.3, -0.25) is 4.98 Å². The maximum atomic E-state index is 13.5. The summed E-state index contributed by atoms with van der Waals surface area (Å²) in [7, 11) is 1.53. The van der Waals surface area contributed by atoms with Crippen LogP contribution in [-0.4, -0.2) is 49.1 Å². The third-order valence-corrected chi connectivity index (χ3v) is 6.31. The lowest BCUT2D eigenvalue weighted by atomic mass is 10.2. The Kier molecular flexibility index (Phi) is 4.67. The Morgan fingerprint density at radius 3 is 2.45 bits per heavy atom. The number of sulfone groups is 1. The summed E-state index contributed by atoms with van der Waals surface area (Å²) in [5, 5.41) is 7.39. The van der Waals surface area contributed by atoms with Gasteiger partial charge in [0.2, 0.25) is 9.84 Å². The zero-order chi connectivity index (χ0) is 20.6. The van der Waals surface area contributed by atoms with E-state index < -0.39 is 9.84 Å². The SMILES string of the molecule is CNc1nn2c(N(C)C)cc(-c3cccnc3)nc2c1S(=O)(=O)c1ccccc1. The third-order valence-electron chi connectivity index (χ3n) is 4.50. The lowest BCUT2D eigenvalue weighted by molar-refractivity contribution is 0.597. The van der Waals surface area contributed by atoms with Gasteiger partial charge < -0.3 is 10.2 Å². The van der Waals surface area contributed by atoms with Crippen molar-refractivity contribution in [2.24, 2.45) is 0 Å². The molecule has 0 aliphatic heterocycles. The summed E-state index contributed by atoms with van der Waals surface area (Å²) in [6.07, 6.45) is 3.37. The molecule has 0 aliphatic rings. The lowest BCUT2D eigenvalue weighted by Gasteiger charge is -2.15. The molecule has 1 aromatic carbocycles. The number of nitrogens with one attached hydrogen (secondary N) is 1. The van der Waals surface area contributed by atoms with Crippen molar-refractivity contribution in [2.75, 3.05) is 31.4 Å². The first kappa shape index (κ1) is 18.9. The van der Waals surface area contributed by atoms with Crippen molar-refractivity contribution in [3.63, 3.8) is 0 Å². The van der Waals surface area contributed by atoms with Gasteiger partial charge in [-0.1, -0.05) is 18.2 Å². The van der Waals surface area contributed by atoms with Crippen molar-refractivity contribution in [1.82, 2.24) is 19.6 Å². The maximum absolute atomic E-state index is 13.5. The average Bonchev–Trinajstić information content (AvgIpc) is 3.13. The molecule has 0 aliphatic carbocycles. The molecule has 4 aromatic rings. The first-order valence-electron chi connectivity index (χ1n) is 8.93. The summed E-state index contributed by atoms with van der Waals surface area (Å²) < 4.78 is 28.5. The third kappa shape index (κ3) is 3.19. The van der Waals surface area contributed by atoms with E-state index >= 15 is 0 Å². The molecule has 9 heteroatoms. The number of nitrogens with zero attached hydrogens (tertiary/aromatic N) is 5. The van der Waals surface area contributed by atoms with Gasteiger partial charge in [-0.2, -0.15) is 4.52 Å². The molecule has 148 valence electrons. The van der Waals surface area contributed by atoms with Crippen LogP contribution in [0.2, 0.25) is 0 Å². The van der Waals surface area contributed by atoms with Crippen LogP contribution in [0.1, 0.15) is 0 Å². The van der Waals surface area contributed by atoms with Crippen molar-refractivity contribution in [2.45, 2.75) is 9.79 Å². The molecule has 8 nitrogen and oxygen atoms in total. The van der Waals surface area contributed by atoms with Crippen LogP contribution in [-0.2, 0) is 9.84 Å². The molecule has 0 fully saturated rings. The highest BCUT2D eigenvalue weighted by Gasteiger charge is 2.29. The van der Waals surface area contributed by atoms with Gasteiger partial charge in [0, 0.05) is 45.2 Å². The molecule has 1 N–H and O–H groups in total. The fraction of sp³-hybridized carbons (Fsp3) is 0.150. The Bertz CT molecular complexity index is 1270. The molecule has 0 amide bonds. The Balaban J connectivity index is 2.08. The van der Waals surface area contributed by atoms with Crippen molar-refractivity contribution in [3.8, 4) is 11.3 Å². The van der Waals surface area contributed by atoms with Gasteiger partial charge in [0.05, 0.1) is 10.6 Å². The van der Waals surface area contributed by atoms with Crippen LogP contribution in [0.5, 0.6) is 0 Å². The summed E-state index contributed by atoms with van der Waals surface area (Å²) in [5.41, 5.74) is 1.65. The molecule has 3 heterocycles. The molecule has 29 heavy (non-hydrogen) atoms. The first-order chi connectivity index (χ1) is 13.9. The largest absolute Gasteiger partial charge is 0.370 e. The standard InChI is InChI=1S/C20H20N6O2S/c1-21-19-18(29(27,28)15-9-5-4-6-10-15)20-23-16(14-8-7-11-22-13-14)12-17(25(2)3)26(20)24-19/h4-13H,1-3H3,(H,21,24). The summed E-state index contributed by atoms with van der Waals surface area (Å²) in [4.78, 5) is 10.9. The number of fused-ring (bicyclic) bond motifs is 1. The van der Waals surface area contributed by atoms with E-state index in [1.807, 2.05) is 37.2 Å². The van der Waals surface area contributed by atoms with Gasteiger partial charge in [0.1, 0.15) is 5.82 Å². The van der Waals surface area contributed by atoms with Crippen molar-refractivity contribution >= 4 is 27.1 Å². The second-order valence-corrected chi connectivity index (χ2v) is 8.50. The van der Waals surface area contributed by atoms with E-state index in [9.17, 15) is 8.42 Å². The van der Waals surface area contributed by atoms with Gasteiger partial charge in [-0.15, -0.1) is 5.10 Å². The number of hydrogen-bond donors (Lipinski definition) is 1. The van der Waals surface area contributed by atoms with Crippen molar-refractivity contribution in [3.05, 3.63) is 60.9 Å². The number of benzene rings is 1. The van der Waals surface area contributed by atoms with Crippen LogP contribution < -0.4 is 10.2 Å². The number of pyridine rings is 1. The van der Waals surface area contributed by atoms with E-state index in [0.29, 0.717) is 11.5 Å². The zero-order valence-electron chi connectivity index (χ0n) is 16.2. The Morgan fingerprint density at radius 1 is 1.07 bits per heavy atom. The minimum Gasteiger partial charge on any atom is -0.370 e. The van der Waals surface area contributed by atoms with E-state index in [1.54, 1.807) is 54.3 Å². The molecule has 0 unspecified atom stereocenters. The highest BCUT2D eigenvalue weighted by molar-refractivity contribution is 7.91. The Labute approximate surface area is 168 Å². The molecule has 4 rings (SSSR count). The predicted octanol–water partition coefficient (Wildman–Crippen LogP) is 2.73. The van der Waals surface area contributed by atoms with Crippen molar-refractivity contribution in [1.29, 1.82) is 0 Å². The van der Waals surface area contributed by atoms with Crippen LogP contribution in [0.15, 0.2) is 70.7 Å². The summed E-state index contributed by atoms with van der Waals surface area (Å²) in [6.45, 7) is 0. The summed E-state index contributed by atoms with van der Waals surface area (Å²) >= 11 is 0. The van der Waals surface area contributed by atoms with Gasteiger partial charge in [-0.05, 0) is 24.3 Å². The summed E-state index contributed by atoms with van der Waals surface area (Å²) in [5.74, 6) is 0.938. The number of hydrogen-bond acceptors (Lipinski definition) is 7. The maximum Gasteiger partial charge on any atom is 0.214 e. The number of aromatic nitrogens is 4. The Hall–Kier alpha value is -3.46. The van der Waals surface area contributed by atoms with E-state index in [-0.39, 0.29) is 21.3 Å². The number of rotatable bonds is 5.